The van der Waals surface area contributed by atoms with Gasteiger partial charge in [0, 0.05) is 22.6 Å². The van der Waals surface area contributed by atoms with Gasteiger partial charge in [0.1, 0.15) is 17.1 Å². The Morgan fingerprint density at radius 2 is 1.71 bits per heavy atom. The Hall–Kier alpha value is -4.06. The number of aryl methyl sites for hydroxylation is 1. The van der Waals surface area contributed by atoms with E-state index in [1.165, 1.54) is 6.07 Å². The van der Waals surface area contributed by atoms with Gasteiger partial charge in [-0.3, -0.25) is 0 Å². The monoisotopic (exact) mass is 416 g/mol. The number of hydrogen-bond donors (Lipinski definition) is 1. The summed E-state index contributed by atoms with van der Waals surface area (Å²) in [5.41, 5.74) is 2.46. The van der Waals surface area contributed by atoms with Crippen LogP contribution in [0.3, 0.4) is 0 Å². The van der Waals surface area contributed by atoms with Crippen LogP contribution in [0.25, 0.3) is 22.1 Å². The molecule has 6 nitrogen and oxygen atoms in total. The minimum atomic E-state index is -1.19. The molecule has 156 valence electrons. The first-order chi connectivity index (χ1) is 15.0. The Balaban J connectivity index is 1.80. The van der Waals surface area contributed by atoms with Gasteiger partial charge in [-0.05, 0) is 42.3 Å². The zero-order valence-electron chi connectivity index (χ0n) is 17.0. The minimum absolute atomic E-state index is 0.332. The molecule has 0 spiro atoms. The minimum Gasteiger partial charge on any atom is -0.497 e. The van der Waals surface area contributed by atoms with Crippen molar-refractivity contribution in [3.63, 3.8) is 0 Å². The van der Waals surface area contributed by atoms with Crippen LogP contribution in [0, 0.1) is 6.92 Å². The summed E-state index contributed by atoms with van der Waals surface area (Å²) in [5.74, 6) is -0.0681. The van der Waals surface area contributed by atoms with Crippen molar-refractivity contribution in [2.45, 2.75) is 13.0 Å². The summed E-state index contributed by atoms with van der Waals surface area (Å²) in [7, 11) is 1.59. The molecule has 1 aromatic heterocycles. The van der Waals surface area contributed by atoms with Gasteiger partial charge < -0.3 is 19.0 Å². The predicted octanol–water partition coefficient (Wildman–Crippen LogP) is 4.98. The summed E-state index contributed by atoms with van der Waals surface area (Å²) < 4.78 is 16.5. The van der Waals surface area contributed by atoms with Crippen molar-refractivity contribution in [3.8, 4) is 22.6 Å². The molecule has 0 saturated carbocycles. The first-order valence-electron chi connectivity index (χ1n) is 9.64. The van der Waals surface area contributed by atoms with Crippen molar-refractivity contribution in [3.05, 3.63) is 94.3 Å². The number of hydrogen-bond acceptors (Lipinski definition) is 5. The number of aliphatic carboxylic acids is 1. The highest BCUT2D eigenvalue weighted by Gasteiger charge is 2.23. The number of fused-ring (bicyclic) bond motifs is 1. The molecule has 0 saturated heterocycles. The molecule has 4 aromatic rings. The molecule has 4 rings (SSSR count). The van der Waals surface area contributed by atoms with Gasteiger partial charge >= 0.3 is 11.6 Å². The largest absolute Gasteiger partial charge is 0.497 e. The average Bonchev–Trinajstić information content (AvgIpc) is 2.79. The van der Waals surface area contributed by atoms with Crippen molar-refractivity contribution in [2.24, 2.45) is 0 Å². The molecule has 0 amide bonds. The topological polar surface area (TPSA) is 86.0 Å². The van der Waals surface area contributed by atoms with Crippen LogP contribution in [0.15, 0.2) is 82.0 Å². The van der Waals surface area contributed by atoms with Crippen LogP contribution in [0.1, 0.15) is 17.2 Å². The molecule has 0 bridgehead atoms. The molecule has 1 atom stereocenters. The van der Waals surface area contributed by atoms with Crippen molar-refractivity contribution in [1.29, 1.82) is 0 Å². The first-order valence-corrected chi connectivity index (χ1v) is 9.64. The highest BCUT2D eigenvalue weighted by atomic mass is 16.5. The van der Waals surface area contributed by atoms with Gasteiger partial charge in [0.2, 0.25) is 6.10 Å². The van der Waals surface area contributed by atoms with Gasteiger partial charge in [0.25, 0.3) is 0 Å². The fourth-order valence-electron chi connectivity index (χ4n) is 3.50. The smallest absolute Gasteiger partial charge is 0.349 e. The van der Waals surface area contributed by atoms with Gasteiger partial charge in [0.05, 0.1) is 7.11 Å². The maximum absolute atomic E-state index is 12.3. The van der Waals surface area contributed by atoms with Crippen LogP contribution in [-0.4, -0.2) is 18.2 Å². The van der Waals surface area contributed by atoms with E-state index in [9.17, 15) is 14.7 Å². The van der Waals surface area contributed by atoms with Crippen LogP contribution in [0.2, 0.25) is 0 Å². The second-order valence-electron chi connectivity index (χ2n) is 7.02. The lowest BCUT2D eigenvalue weighted by atomic mass is 10.00. The molecule has 3 aromatic carbocycles. The molecule has 0 aliphatic carbocycles. The molecule has 0 aliphatic heterocycles. The fraction of sp³-hybridized carbons (Fsp3) is 0.120. The molecule has 0 aliphatic rings. The SMILES string of the molecule is COc1ccc(-c2cc(=O)oc3c(C)c(O[C@H](C(=O)O)c4ccccc4)ccc23)cc1. The lowest BCUT2D eigenvalue weighted by Gasteiger charge is -2.18. The van der Waals surface area contributed by atoms with E-state index >= 15 is 0 Å². The van der Waals surface area contributed by atoms with Crippen molar-refractivity contribution < 1.29 is 23.8 Å². The highest BCUT2D eigenvalue weighted by Crippen LogP contribution is 2.35. The summed E-state index contributed by atoms with van der Waals surface area (Å²) in [6.07, 6.45) is -1.19. The molecule has 31 heavy (non-hydrogen) atoms. The number of ether oxygens (including phenoxy) is 2. The Morgan fingerprint density at radius 1 is 1.00 bits per heavy atom. The number of rotatable bonds is 6. The van der Waals surface area contributed by atoms with E-state index in [0.717, 1.165) is 10.9 Å². The summed E-state index contributed by atoms with van der Waals surface area (Å²) >= 11 is 0. The normalized spacial score (nSPS) is 11.8. The molecule has 0 unspecified atom stereocenters. The summed E-state index contributed by atoms with van der Waals surface area (Å²) in [5, 5.41) is 10.4. The third kappa shape index (κ3) is 4.00. The quantitative estimate of drug-likeness (QED) is 0.446. The molecule has 1 heterocycles. The number of benzene rings is 3. The molecule has 0 fully saturated rings. The highest BCUT2D eigenvalue weighted by molar-refractivity contribution is 5.95. The van der Waals surface area contributed by atoms with Gasteiger partial charge in [-0.15, -0.1) is 0 Å². The lowest BCUT2D eigenvalue weighted by Crippen LogP contribution is -2.18. The molecule has 1 N–H and O–H groups in total. The van der Waals surface area contributed by atoms with Gasteiger partial charge in [0.15, 0.2) is 0 Å². The number of carboxylic acids is 1. The second-order valence-corrected chi connectivity index (χ2v) is 7.02. The van der Waals surface area contributed by atoms with E-state index in [1.807, 2.05) is 24.3 Å². The zero-order chi connectivity index (χ0) is 22.0. The van der Waals surface area contributed by atoms with E-state index in [4.69, 9.17) is 13.9 Å². The summed E-state index contributed by atoms with van der Waals surface area (Å²) in [6.45, 7) is 1.74. The maximum atomic E-state index is 12.3. The average molecular weight is 416 g/mol. The van der Waals surface area contributed by atoms with Crippen molar-refractivity contribution >= 4 is 16.9 Å². The number of methoxy groups -OCH3 is 1. The van der Waals surface area contributed by atoms with E-state index in [0.29, 0.717) is 33.8 Å². The molecule has 0 radical (unpaired) electrons. The summed E-state index contributed by atoms with van der Waals surface area (Å²) in [6, 6.07) is 21.0. The van der Waals surface area contributed by atoms with Crippen LogP contribution in [0.5, 0.6) is 11.5 Å². The molecule has 6 heteroatoms. The van der Waals surface area contributed by atoms with Crippen molar-refractivity contribution in [2.75, 3.05) is 7.11 Å². The van der Waals surface area contributed by atoms with Crippen LogP contribution in [-0.2, 0) is 4.79 Å². The third-order valence-corrected chi connectivity index (χ3v) is 5.08. The lowest BCUT2D eigenvalue weighted by molar-refractivity contribution is -0.145. The summed E-state index contributed by atoms with van der Waals surface area (Å²) in [4.78, 5) is 24.1. The zero-order valence-corrected chi connectivity index (χ0v) is 17.0. The Labute approximate surface area is 178 Å². The van der Waals surface area contributed by atoms with Crippen LogP contribution >= 0.6 is 0 Å². The van der Waals surface area contributed by atoms with E-state index in [1.54, 1.807) is 56.5 Å². The van der Waals surface area contributed by atoms with E-state index in [2.05, 4.69) is 0 Å². The van der Waals surface area contributed by atoms with E-state index < -0.39 is 17.7 Å². The Kier molecular flexibility index (Phi) is 5.45. The predicted molar refractivity (Wildman–Crippen MR) is 117 cm³/mol. The Morgan fingerprint density at radius 3 is 2.35 bits per heavy atom. The molecular weight excluding hydrogens is 396 g/mol. The van der Waals surface area contributed by atoms with Crippen molar-refractivity contribution in [1.82, 2.24) is 0 Å². The fourth-order valence-corrected chi connectivity index (χ4v) is 3.50. The van der Waals surface area contributed by atoms with Gasteiger partial charge in [-0.1, -0.05) is 42.5 Å². The third-order valence-electron chi connectivity index (χ3n) is 5.08. The molecular formula is C25H20O6. The maximum Gasteiger partial charge on any atom is 0.349 e. The van der Waals surface area contributed by atoms with Gasteiger partial charge in [-0.2, -0.15) is 0 Å². The number of carbonyl (C=O) groups is 1. The standard InChI is InChI=1S/C25H20O6/c1-15-21(30-24(25(27)28)17-6-4-3-5-7-17)13-12-19-20(14-22(26)31-23(15)19)16-8-10-18(29-2)11-9-16/h3-14,24H,1-2H3,(H,27,28)/t24-/m0/s1. The van der Waals surface area contributed by atoms with Gasteiger partial charge in [-0.25, -0.2) is 9.59 Å². The first kappa shape index (κ1) is 20.2. The van der Waals surface area contributed by atoms with Crippen LogP contribution < -0.4 is 15.1 Å². The number of carboxylic acid groups (broad SMARTS) is 1. The Bertz CT molecular complexity index is 1290. The van der Waals surface area contributed by atoms with E-state index in [-0.39, 0.29) is 0 Å². The van der Waals surface area contributed by atoms with Crippen LogP contribution in [0.4, 0.5) is 0 Å². The second kappa shape index (κ2) is 8.36.